The first-order valence-corrected chi connectivity index (χ1v) is 3.33. The minimum Gasteiger partial charge on any atom is -0.110 e. The maximum absolute atomic E-state index is 5.29. The summed E-state index contributed by atoms with van der Waals surface area (Å²) in [5.41, 5.74) is 0. The summed E-state index contributed by atoms with van der Waals surface area (Å²) in [5.74, 6) is 0. The zero-order chi connectivity index (χ0) is 4.28. The van der Waals surface area contributed by atoms with Gasteiger partial charge in [0, 0.05) is 0 Å². The van der Waals surface area contributed by atoms with E-state index in [9.17, 15) is 0 Å². The number of rotatable bonds is 1. The van der Waals surface area contributed by atoms with E-state index in [4.69, 9.17) is 22.3 Å². The Morgan fingerprint density at radius 2 is 2.00 bits per heavy atom. The zero-order valence-electron chi connectivity index (χ0n) is 2.74. The summed E-state index contributed by atoms with van der Waals surface area (Å²) in [5, 5.41) is 0. The molecule has 0 aromatic carbocycles. The van der Waals surface area contributed by atoms with Crippen molar-refractivity contribution in [2.45, 2.75) is 11.6 Å². The summed E-state index contributed by atoms with van der Waals surface area (Å²) in [6, 6.07) is 0. The van der Waals surface area contributed by atoms with E-state index >= 15 is 0 Å². The second kappa shape index (κ2) is 3.13. The summed E-state index contributed by atoms with van der Waals surface area (Å²) in [6.07, 6.45) is 0. The van der Waals surface area contributed by atoms with E-state index in [-0.39, 0.29) is 4.71 Å². The number of hydrogen-bond acceptors (Lipinski definition) is 1. The third kappa shape index (κ3) is 4.93. The maximum Gasteiger partial charge on any atom is 0.0912 e. The van der Waals surface area contributed by atoms with Crippen molar-refractivity contribution in [2.75, 3.05) is 0 Å². The molecule has 0 aliphatic rings. The van der Waals surface area contributed by atoms with Crippen LogP contribution >= 0.6 is 33.3 Å². The quantitative estimate of drug-likeness (QED) is 0.492. The third-order valence-corrected chi connectivity index (χ3v) is 1.71. The van der Waals surface area contributed by atoms with Crippen LogP contribution in [0.25, 0.3) is 0 Å². The number of hydrogen-bond donors (Lipinski definition) is 0. The number of alkyl halides is 1. The smallest absolute Gasteiger partial charge is 0.0912 e. The first-order valence-electron chi connectivity index (χ1n) is 1.19. The lowest BCUT2D eigenvalue weighted by molar-refractivity contribution is 1.42. The first-order chi connectivity index (χ1) is 2.27. The summed E-state index contributed by atoms with van der Waals surface area (Å²) in [7, 11) is 6.24. The van der Waals surface area contributed by atoms with Gasteiger partial charge in [-0.05, 0) is 28.6 Å². The molecule has 0 amide bonds. The number of halogens is 2. The molecule has 1 atom stereocenters. The molecule has 0 rings (SSSR count). The van der Waals surface area contributed by atoms with Gasteiger partial charge < -0.3 is 0 Å². The Morgan fingerprint density at radius 1 is 1.80 bits per heavy atom. The highest BCUT2D eigenvalue weighted by molar-refractivity contribution is 8.22. The molecule has 0 aliphatic carbocycles. The predicted molar refractivity (Wildman–Crippen MR) is 28.8 cm³/mol. The van der Waals surface area contributed by atoms with Gasteiger partial charge in [-0.2, -0.15) is 0 Å². The molecule has 0 aromatic heterocycles. The van der Waals surface area contributed by atoms with E-state index in [1.165, 1.54) is 0 Å². The van der Waals surface area contributed by atoms with Gasteiger partial charge in [0.15, 0.2) is 0 Å². The van der Waals surface area contributed by atoms with Crippen LogP contribution in [0.5, 0.6) is 0 Å². The normalized spacial score (nSPS) is 15.0. The molecular weight excluding hydrogens is 127 g/mol. The van der Waals surface area contributed by atoms with Crippen molar-refractivity contribution in [2.24, 2.45) is 0 Å². The van der Waals surface area contributed by atoms with Crippen molar-refractivity contribution in [3.8, 4) is 0 Å². The van der Waals surface area contributed by atoms with E-state index in [2.05, 4.69) is 0 Å². The van der Waals surface area contributed by atoms with Crippen LogP contribution in [0.4, 0.5) is 0 Å². The fourth-order valence-electron chi connectivity index (χ4n) is 0. The van der Waals surface area contributed by atoms with Crippen LogP contribution in [0.15, 0.2) is 0 Å². The molecular formula is C2H4Cl2S. The highest BCUT2D eigenvalue weighted by atomic mass is 35.7. The van der Waals surface area contributed by atoms with Crippen molar-refractivity contribution in [3.05, 3.63) is 0 Å². The minimum atomic E-state index is 0.0386. The molecule has 3 heteroatoms. The fourth-order valence-corrected chi connectivity index (χ4v) is 0. The Hall–Kier alpha value is 0.930. The Balaban J connectivity index is 2.54. The summed E-state index contributed by atoms with van der Waals surface area (Å²) >= 11 is 5.29. The van der Waals surface area contributed by atoms with Crippen molar-refractivity contribution < 1.29 is 0 Å². The topological polar surface area (TPSA) is 0 Å². The van der Waals surface area contributed by atoms with Gasteiger partial charge in [-0.1, -0.05) is 0 Å². The van der Waals surface area contributed by atoms with Crippen LogP contribution in [0.2, 0.25) is 0 Å². The van der Waals surface area contributed by atoms with Crippen LogP contribution in [0.3, 0.4) is 0 Å². The molecule has 0 fully saturated rings. The Morgan fingerprint density at radius 3 is 2.00 bits per heavy atom. The van der Waals surface area contributed by atoms with E-state index < -0.39 is 0 Å². The van der Waals surface area contributed by atoms with E-state index in [1.807, 2.05) is 6.92 Å². The zero-order valence-corrected chi connectivity index (χ0v) is 5.07. The molecule has 32 valence electrons. The second-order valence-electron chi connectivity index (χ2n) is 0.632. The summed E-state index contributed by atoms with van der Waals surface area (Å²) in [6.45, 7) is 1.82. The highest BCUT2D eigenvalue weighted by Crippen LogP contribution is 2.17. The molecule has 0 saturated carbocycles. The first kappa shape index (κ1) is 5.93. The molecule has 0 radical (unpaired) electrons. The van der Waals surface area contributed by atoms with Crippen molar-refractivity contribution in [1.82, 2.24) is 0 Å². The van der Waals surface area contributed by atoms with Crippen molar-refractivity contribution in [1.29, 1.82) is 0 Å². The molecule has 0 N–H and O–H groups in total. The van der Waals surface area contributed by atoms with Crippen LogP contribution in [0.1, 0.15) is 6.92 Å². The van der Waals surface area contributed by atoms with Crippen LogP contribution < -0.4 is 0 Å². The van der Waals surface area contributed by atoms with Crippen LogP contribution in [-0.4, -0.2) is 4.71 Å². The standard InChI is InChI=1S/C2H4Cl2S/c1-2(3)5-4/h2H,1H3. The van der Waals surface area contributed by atoms with Gasteiger partial charge in [-0.3, -0.25) is 0 Å². The van der Waals surface area contributed by atoms with Gasteiger partial charge in [-0.25, -0.2) is 0 Å². The second-order valence-corrected chi connectivity index (χ2v) is 2.97. The highest BCUT2D eigenvalue weighted by Gasteiger charge is 1.86. The Bertz CT molecular complexity index is 21.6. The van der Waals surface area contributed by atoms with Crippen molar-refractivity contribution >= 4 is 33.3 Å². The molecule has 0 spiro atoms. The minimum absolute atomic E-state index is 0.0386. The summed E-state index contributed by atoms with van der Waals surface area (Å²) < 4.78 is 0.0386. The molecule has 0 aliphatic heterocycles. The van der Waals surface area contributed by atoms with Crippen LogP contribution in [-0.2, 0) is 0 Å². The maximum atomic E-state index is 5.29. The van der Waals surface area contributed by atoms with E-state index in [0.717, 1.165) is 11.0 Å². The van der Waals surface area contributed by atoms with Gasteiger partial charge in [0.05, 0.1) is 4.71 Å². The Kier molecular flexibility index (Phi) is 3.72. The van der Waals surface area contributed by atoms with E-state index in [0.29, 0.717) is 0 Å². The fraction of sp³-hybridized carbons (Fsp3) is 1.00. The van der Waals surface area contributed by atoms with E-state index in [1.54, 1.807) is 0 Å². The van der Waals surface area contributed by atoms with Gasteiger partial charge in [0.25, 0.3) is 0 Å². The molecule has 0 aromatic rings. The molecule has 0 bridgehead atoms. The van der Waals surface area contributed by atoms with Gasteiger partial charge in [0.2, 0.25) is 0 Å². The lowest BCUT2D eigenvalue weighted by Gasteiger charge is -1.84. The Labute approximate surface area is 45.3 Å². The monoisotopic (exact) mass is 130 g/mol. The average molecular weight is 131 g/mol. The van der Waals surface area contributed by atoms with Gasteiger partial charge in [-0.15, -0.1) is 11.6 Å². The molecule has 0 saturated heterocycles. The summed E-state index contributed by atoms with van der Waals surface area (Å²) in [4.78, 5) is 0. The predicted octanol–water partition coefficient (Wildman–Crippen LogP) is 2.46. The molecule has 5 heavy (non-hydrogen) atoms. The SMILES string of the molecule is CC(Cl)SCl. The van der Waals surface area contributed by atoms with Crippen LogP contribution in [0, 0.1) is 0 Å². The third-order valence-electron chi connectivity index (χ3n) is 0.123. The average Bonchev–Trinajstić information content (AvgIpc) is 1.38. The van der Waals surface area contributed by atoms with Gasteiger partial charge >= 0.3 is 0 Å². The largest absolute Gasteiger partial charge is 0.110 e. The van der Waals surface area contributed by atoms with Gasteiger partial charge in [0.1, 0.15) is 0 Å². The van der Waals surface area contributed by atoms with Crippen molar-refractivity contribution in [3.63, 3.8) is 0 Å². The molecule has 0 heterocycles. The lowest BCUT2D eigenvalue weighted by Crippen LogP contribution is -1.69. The molecule has 1 unspecified atom stereocenters. The lowest BCUT2D eigenvalue weighted by atomic mass is 11.0. The molecule has 0 nitrogen and oxygen atoms in total.